The van der Waals surface area contributed by atoms with Gasteiger partial charge in [-0.05, 0) is 49.2 Å². The fraction of sp³-hybridized carbons (Fsp3) is 0.333. The molecule has 0 amide bonds. The molecule has 2 rings (SSSR count). The van der Waals surface area contributed by atoms with Crippen molar-refractivity contribution in [3.8, 4) is 5.75 Å². The molecule has 0 spiro atoms. The highest BCUT2D eigenvalue weighted by Gasteiger charge is 2.00. The summed E-state index contributed by atoms with van der Waals surface area (Å²) in [7, 11) is 0. The summed E-state index contributed by atoms with van der Waals surface area (Å²) in [6.07, 6.45) is 0. The fourth-order valence-corrected chi connectivity index (χ4v) is 2.22. The second kappa shape index (κ2) is 8.66. The van der Waals surface area contributed by atoms with E-state index in [1.807, 2.05) is 37.3 Å². The molecule has 0 unspecified atom stereocenters. The van der Waals surface area contributed by atoms with Gasteiger partial charge < -0.3 is 14.8 Å². The van der Waals surface area contributed by atoms with Crippen LogP contribution >= 0.6 is 11.6 Å². The third kappa shape index (κ3) is 5.24. The Morgan fingerprint density at radius 1 is 1.05 bits per heavy atom. The number of benzene rings is 2. The zero-order valence-electron chi connectivity index (χ0n) is 13.1. The van der Waals surface area contributed by atoms with Gasteiger partial charge in [0.15, 0.2) is 0 Å². The number of halogens is 1. The maximum absolute atomic E-state index is 6.02. The first kappa shape index (κ1) is 16.7. The van der Waals surface area contributed by atoms with Crippen LogP contribution in [0.4, 0.5) is 5.69 Å². The van der Waals surface area contributed by atoms with Crippen molar-refractivity contribution in [3.05, 3.63) is 58.6 Å². The van der Waals surface area contributed by atoms with E-state index in [9.17, 15) is 0 Å². The number of hydrogen-bond donors (Lipinski definition) is 1. The average Bonchev–Trinajstić information content (AvgIpc) is 2.53. The number of hydrogen-bond acceptors (Lipinski definition) is 3. The molecule has 4 heteroatoms. The molecule has 0 aromatic heterocycles. The number of nitrogens with one attached hydrogen (secondary N) is 1. The van der Waals surface area contributed by atoms with Gasteiger partial charge in [-0.1, -0.05) is 29.8 Å². The first-order valence-electron chi connectivity index (χ1n) is 7.48. The first-order chi connectivity index (χ1) is 10.7. The molecule has 0 heterocycles. The molecule has 3 nitrogen and oxygen atoms in total. The zero-order chi connectivity index (χ0) is 15.8. The van der Waals surface area contributed by atoms with Crippen molar-refractivity contribution in [2.45, 2.75) is 20.4 Å². The van der Waals surface area contributed by atoms with Crippen LogP contribution in [0.5, 0.6) is 5.75 Å². The second-order valence-corrected chi connectivity index (χ2v) is 5.44. The highest BCUT2D eigenvalue weighted by molar-refractivity contribution is 6.30. The van der Waals surface area contributed by atoms with E-state index in [-0.39, 0.29) is 0 Å². The van der Waals surface area contributed by atoms with E-state index in [0.29, 0.717) is 13.2 Å². The van der Waals surface area contributed by atoms with Crippen LogP contribution in [0.25, 0.3) is 0 Å². The van der Waals surface area contributed by atoms with Crippen LogP contribution in [0.2, 0.25) is 5.02 Å². The minimum Gasteiger partial charge on any atom is -0.491 e. The highest BCUT2D eigenvalue weighted by atomic mass is 35.5. The number of ether oxygens (including phenoxy) is 2. The molecule has 2 aromatic carbocycles. The van der Waals surface area contributed by atoms with Gasteiger partial charge in [-0.3, -0.25) is 0 Å². The van der Waals surface area contributed by atoms with Crippen LogP contribution in [0, 0.1) is 6.92 Å². The van der Waals surface area contributed by atoms with Gasteiger partial charge in [0.05, 0.1) is 6.61 Å². The van der Waals surface area contributed by atoms with Gasteiger partial charge in [-0.2, -0.15) is 0 Å². The molecule has 0 atom stereocenters. The largest absolute Gasteiger partial charge is 0.491 e. The molecule has 2 aromatic rings. The van der Waals surface area contributed by atoms with Crippen molar-refractivity contribution in [1.82, 2.24) is 0 Å². The van der Waals surface area contributed by atoms with E-state index in [4.69, 9.17) is 21.1 Å². The van der Waals surface area contributed by atoms with Crippen molar-refractivity contribution in [1.29, 1.82) is 0 Å². The van der Waals surface area contributed by atoms with E-state index < -0.39 is 0 Å². The van der Waals surface area contributed by atoms with Gasteiger partial charge in [0.25, 0.3) is 0 Å². The summed E-state index contributed by atoms with van der Waals surface area (Å²) in [6, 6.07) is 13.9. The molecule has 0 radical (unpaired) electrons. The number of aryl methyl sites for hydroxylation is 1. The molecule has 0 saturated heterocycles. The fourth-order valence-electron chi connectivity index (χ4n) is 2.05. The summed E-state index contributed by atoms with van der Waals surface area (Å²) in [4.78, 5) is 0. The monoisotopic (exact) mass is 319 g/mol. The van der Waals surface area contributed by atoms with Gasteiger partial charge in [0, 0.05) is 23.9 Å². The normalized spacial score (nSPS) is 10.5. The number of anilines is 1. The molecule has 0 aliphatic carbocycles. The maximum Gasteiger partial charge on any atom is 0.119 e. The van der Waals surface area contributed by atoms with Gasteiger partial charge in [-0.15, -0.1) is 0 Å². The van der Waals surface area contributed by atoms with Crippen LogP contribution in [0.15, 0.2) is 42.5 Å². The zero-order valence-corrected chi connectivity index (χ0v) is 13.8. The Morgan fingerprint density at radius 3 is 2.55 bits per heavy atom. The third-order valence-electron chi connectivity index (χ3n) is 3.31. The predicted octanol–water partition coefficient (Wildman–Crippen LogP) is 4.68. The Labute approximate surface area is 137 Å². The van der Waals surface area contributed by atoms with Gasteiger partial charge in [0.1, 0.15) is 12.4 Å². The average molecular weight is 320 g/mol. The van der Waals surface area contributed by atoms with E-state index in [1.165, 1.54) is 11.1 Å². The molecule has 0 bridgehead atoms. The Kier molecular flexibility index (Phi) is 6.56. The molecule has 0 saturated carbocycles. The molecular weight excluding hydrogens is 298 g/mol. The minimum atomic E-state index is 0.577. The molecule has 0 aliphatic rings. The SMILES string of the molecule is CCOCCOc1ccc(CNc2cc(Cl)ccc2C)cc1. The van der Waals surface area contributed by atoms with E-state index in [2.05, 4.69) is 24.4 Å². The van der Waals surface area contributed by atoms with Crippen molar-refractivity contribution >= 4 is 17.3 Å². The standard InChI is InChI=1S/C18H22ClNO2/c1-3-21-10-11-22-17-8-5-15(6-9-17)13-20-18-12-16(19)7-4-14(18)2/h4-9,12,20H,3,10-11,13H2,1-2H3. The predicted molar refractivity (Wildman–Crippen MR) is 91.9 cm³/mol. The lowest BCUT2D eigenvalue weighted by molar-refractivity contribution is 0.110. The van der Waals surface area contributed by atoms with E-state index in [0.717, 1.165) is 29.6 Å². The van der Waals surface area contributed by atoms with Gasteiger partial charge in [-0.25, -0.2) is 0 Å². The molecular formula is C18H22ClNO2. The summed E-state index contributed by atoms with van der Waals surface area (Å²) in [5.74, 6) is 0.863. The maximum atomic E-state index is 6.02. The lowest BCUT2D eigenvalue weighted by Gasteiger charge is -2.11. The van der Waals surface area contributed by atoms with Crippen LogP contribution in [-0.2, 0) is 11.3 Å². The molecule has 0 fully saturated rings. The third-order valence-corrected chi connectivity index (χ3v) is 3.54. The van der Waals surface area contributed by atoms with Crippen LogP contribution in [-0.4, -0.2) is 19.8 Å². The topological polar surface area (TPSA) is 30.5 Å². The molecule has 22 heavy (non-hydrogen) atoms. The lowest BCUT2D eigenvalue weighted by Crippen LogP contribution is -2.06. The Morgan fingerprint density at radius 2 is 1.82 bits per heavy atom. The Hall–Kier alpha value is -1.71. The van der Waals surface area contributed by atoms with Crippen molar-refractivity contribution in [2.24, 2.45) is 0 Å². The molecule has 0 aliphatic heterocycles. The van der Waals surface area contributed by atoms with Crippen molar-refractivity contribution in [3.63, 3.8) is 0 Å². The Bertz CT molecular complexity index is 584. The van der Waals surface area contributed by atoms with Crippen molar-refractivity contribution in [2.75, 3.05) is 25.1 Å². The quantitative estimate of drug-likeness (QED) is 0.717. The molecule has 1 N–H and O–H groups in total. The van der Waals surface area contributed by atoms with Crippen LogP contribution in [0.3, 0.4) is 0 Å². The summed E-state index contributed by atoms with van der Waals surface area (Å²) in [5, 5.41) is 4.15. The smallest absolute Gasteiger partial charge is 0.119 e. The van der Waals surface area contributed by atoms with Crippen molar-refractivity contribution < 1.29 is 9.47 Å². The Balaban J connectivity index is 1.84. The second-order valence-electron chi connectivity index (χ2n) is 5.00. The first-order valence-corrected chi connectivity index (χ1v) is 7.86. The van der Waals surface area contributed by atoms with E-state index >= 15 is 0 Å². The minimum absolute atomic E-state index is 0.577. The van der Waals surface area contributed by atoms with Crippen LogP contribution in [0.1, 0.15) is 18.1 Å². The summed E-state index contributed by atoms with van der Waals surface area (Å²) in [6.45, 7) is 6.70. The van der Waals surface area contributed by atoms with Gasteiger partial charge in [0.2, 0.25) is 0 Å². The molecule has 118 valence electrons. The number of rotatable bonds is 8. The van der Waals surface area contributed by atoms with Gasteiger partial charge >= 0.3 is 0 Å². The summed E-state index contributed by atoms with van der Waals surface area (Å²) < 4.78 is 10.8. The summed E-state index contributed by atoms with van der Waals surface area (Å²) in [5.41, 5.74) is 3.43. The van der Waals surface area contributed by atoms with Crippen LogP contribution < -0.4 is 10.1 Å². The lowest BCUT2D eigenvalue weighted by atomic mass is 10.1. The summed E-state index contributed by atoms with van der Waals surface area (Å²) >= 11 is 6.02. The highest BCUT2D eigenvalue weighted by Crippen LogP contribution is 2.21. The van der Waals surface area contributed by atoms with E-state index in [1.54, 1.807) is 0 Å².